The van der Waals surface area contributed by atoms with E-state index in [4.69, 9.17) is 0 Å². The number of nitrogens with zero attached hydrogens (tertiary/aromatic N) is 2. The smallest absolute Gasteiger partial charge is 0.220 e. The Morgan fingerprint density at radius 1 is 1.36 bits per heavy atom. The standard InChI is InChI=1S/C20H28N4O/c1-16(19-4-2-9-21-14-19)12-20(25)22-13-17-5-7-18(8-6-17)15-24-11-3-10-23-24/h3,5-8,10-11,16,19,21H,2,4,9,12-15H2,1H3,(H,22,25). The predicted octanol–water partition coefficient (Wildman–Crippen LogP) is 2.57. The molecule has 3 rings (SSSR count). The molecule has 2 unspecified atom stereocenters. The van der Waals surface area contributed by atoms with Crippen molar-refractivity contribution < 1.29 is 4.79 Å². The Kier molecular flexibility index (Phi) is 6.23. The van der Waals surface area contributed by atoms with Gasteiger partial charge in [0.25, 0.3) is 0 Å². The van der Waals surface area contributed by atoms with E-state index in [1.807, 2.05) is 16.9 Å². The molecule has 0 radical (unpaired) electrons. The Labute approximate surface area is 149 Å². The van der Waals surface area contributed by atoms with Crippen LogP contribution in [0.25, 0.3) is 0 Å². The maximum atomic E-state index is 12.2. The highest BCUT2D eigenvalue weighted by Gasteiger charge is 2.21. The average Bonchev–Trinajstić information content (AvgIpc) is 3.15. The molecule has 1 aromatic heterocycles. The van der Waals surface area contributed by atoms with E-state index in [1.165, 1.54) is 18.4 Å². The molecule has 1 amide bonds. The number of aromatic nitrogens is 2. The van der Waals surface area contributed by atoms with Crippen LogP contribution in [-0.2, 0) is 17.9 Å². The van der Waals surface area contributed by atoms with Gasteiger partial charge in [-0.15, -0.1) is 0 Å². The molecule has 1 fully saturated rings. The summed E-state index contributed by atoms with van der Waals surface area (Å²) in [5.74, 6) is 1.21. The lowest BCUT2D eigenvalue weighted by molar-refractivity contribution is -0.122. The fourth-order valence-corrected chi connectivity index (χ4v) is 3.44. The normalized spacial score (nSPS) is 18.7. The topological polar surface area (TPSA) is 59.0 Å². The van der Waals surface area contributed by atoms with Crippen LogP contribution < -0.4 is 10.6 Å². The van der Waals surface area contributed by atoms with Crippen LogP contribution in [0.5, 0.6) is 0 Å². The van der Waals surface area contributed by atoms with E-state index < -0.39 is 0 Å². The number of nitrogens with one attached hydrogen (secondary N) is 2. The van der Waals surface area contributed by atoms with Crippen LogP contribution in [0.1, 0.15) is 37.3 Å². The fraction of sp³-hybridized carbons (Fsp3) is 0.500. The minimum absolute atomic E-state index is 0.152. The third-order valence-electron chi connectivity index (χ3n) is 5.06. The first-order chi connectivity index (χ1) is 12.2. The van der Waals surface area contributed by atoms with Gasteiger partial charge in [-0.05, 0) is 55.0 Å². The molecule has 1 aliphatic rings. The minimum atomic E-state index is 0.152. The van der Waals surface area contributed by atoms with E-state index in [9.17, 15) is 4.79 Å². The van der Waals surface area contributed by atoms with Gasteiger partial charge < -0.3 is 10.6 Å². The van der Waals surface area contributed by atoms with Crippen LogP contribution in [0.15, 0.2) is 42.7 Å². The number of hydrogen-bond donors (Lipinski definition) is 2. The molecular formula is C20H28N4O. The lowest BCUT2D eigenvalue weighted by atomic mass is 9.85. The van der Waals surface area contributed by atoms with Gasteiger partial charge in [0.05, 0.1) is 6.54 Å². The third kappa shape index (κ3) is 5.43. The molecule has 0 bridgehead atoms. The van der Waals surface area contributed by atoms with Crippen molar-refractivity contribution in [3.05, 3.63) is 53.9 Å². The van der Waals surface area contributed by atoms with Gasteiger partial charge >= 0.3 is 0 Å². The molecule has 2 heterocycles. The second-order valence-electron chi connectivity index (χ2n) is 7.08. The first-order valence-corrected chi connectivity index (χ1v) is 9.23. The highest BCUT2D eigenvalue weighted by Crippen LogP contribution is 2.22. The summed E-state index contributed by atoms with van der Waals surface area (Å²) >= 11 is 0. The Morgan fingerprint density at radius 2 is 2.16 bits per heavy atom. The van der Waals surface area contributed by atoms with E-state index in [1.54, 1.807) is 6.20 Å². The Balaban J connectivity index is 1.42. The maximum absolute atomic E-state index is 12.2. The fourth-order valence-electron chi connectivity index (χ4n) is 3.44. The van der Waals surface area contributed by atoms with E-state index >= 15 is 0 Å². The molecule has 0 spiro atoms. The van der Waals surface area contributed by atoms with Crippen molar-refractivity contribution in [3.8, 4) is 0 Å². The van der Waals surface area contributed by atoms with Crippen molar-refractivity contribution in [2.24, 2.45) is 11.8 Å². The third-order valence-corrected chi connectivity index (χ3v) is 5.06. The number of carbonyl (C=O) groups is 1. The quantitative estimate of drug-likeness (QED) is 0.814. The first kappa shape index (κ1) is 17.7. The molecule has 5 heteroatoms. The largest absolute Gasteiger partial charge is 0.352 e. The first-order valence-electron chi connectivity index (χ1n) is 9.23. The van der Waals surface area contributed by atoms with Crippen molar-refractivity contribution in [1.29, 1.82) is 0 Å². The second kappa shape index (κ2) is 8.81. The van der Waals surface area contributed by atoms with Gasteiger partial charge in [0, 0.05) is 25.4 Å². The number of rotatable bonds is 7. The van der Waals surface area contributed by atoms with Crippen LogP contribution in [0, 0.1) is 11.8 Å². The van der Waals surface area contributed by atoms with Crippen molar-refractivity contribution >= 4 is 5.91 Å². The number of benzene rings is 1. The second-order valence-corrected chi connectivity index (χ2v) is 7.08. The summed E-state index contributed by atoms with van der Waals surface area (Å²) in [5, 5.41) is 10.7. The van der Waals surface area contributed by atoms with Gasteiger partial charge in [0.1, 0.15) is 0 Å². The summed E-state index contributed by atoms with van der Waals surface area (Å²) in [6, 6.07) is 10.3. The summed E-state index contributed by atoms with van der Waals surface area (Å²) in [6.45, 7) is 5.72. The van der Waals surface area contributed by atoms with E-state index in [0.717, 1.165) is 25.2 Å². The van der Waals surface area contributed by atoms with Crippen LogP contribution in [0.4, 0.5) is 0 Å². The summed E-state index contributed by atoms with van der Waals surface area (Å²) in [7, 11) is 0. The lowest BCUT2D eigenvalue weighted by Crippen LogP contribution is -2.35. The molecule has 2 atom stereocenters. The van der Waals surface area contributed by atoms with Crippen LogP contribution in [0.2, 0.25) is 0 Å². The van der Waals surface area contributed by atoms with Crippen LogP contribution >= 0.6 is 0 Å². The van der Waals surface area contributed by atoms with Gasteiger partial charge in [-0.3, -0.25) is 9.48 Å². The molecule has 5 nitrogen and oxygen atoms in total. The van der Waals surface area contributed by atoms with E-state index in [2.05, 4.69) is 46.9 Å². The molecule has 1 aliphatic heterocycles. The summed E-state index contributed by atoms with van der Waals surface area (Å²) in [6.07, 6.45) is 6.82. The SMILES string of the molecule is CC(CC(=O)NCc1ccc(Cn2cccn2)cc1)C1CCCNC1. The monoisotopic (exact) mass is 340 g/mol. The van der Waals surface area contributed by atoms with Crippen molar-refractivity contribution in [2.45, 2.75) is 39.3 Å². The number of carbonyl (C=O) groups excluding carboxylic acids is 1. The zero-order chi connectivity index (χ0) is 17.5. The summed E-state index contributed by atoms with van der Waals surface area (Å²) in [5.41, 5.74) is 2.33. The van der Waals surface area contributed by atoms with Crippen LogP contribution in [-0.4, -0.2) is 28.8 Å². The van der Waals surface area contributed by atoms with Crippen molar-refractivity contribution in [3.63, 3.8) is 0 Å². The zero-order valence-electron chi connectivity index (χ0n) is 14.9. The van der Waals surface area contributed by atoms with Crippen molar-refractivity contribution in [1.82, 2.24) is 20.4 Å². The Bertz CT molecular complexity index is 645. The Morgan fingerprint density at radius 3 is 2.84 bits per heavy atom. The highest BCUT2D eigenvalue weighted by atomic mass is 16.1. The van der Waals surface area contributed by atoms with Gasteiger partial charge in [0.2, 0.25) is 5.91 Å². The van der Waals surface area contributed by atoms with Gasteiger partial charge in [-0.1, -0.05) is 31.2 Å². The summed E-state index contributed by atoms with van der Waals surface area (Å²) < 4.78 is 1.90. The molecule has 2 aromatic rings. The van der Waals surface area contributed by atoms with Crippen molar-refractivity contribution in [2.75, 3.05) is 13.1 Å². The van der Waals surface area contributed by atoms with E-state index in [-0.39, 0.29) is 5.91 Å². The van der Waals surface area contributed by atoms with E-state index in [0.29, 0.717) is 24.8 Å². The molecule has 0 aliphatic carbocycles. The molecule has 0 saturated carbocycles. The predicted molar refractivity (Wildman–Crippen MR) is 99.0 cm³/mol. The van der Waals surface area contributed by atoms with Crippen LogP contribution in [0.3, 0.4) is 0 Å². The summed E-state index contributed by atoms with van der Waals surface area (Å²) in [4.78, 5) is 12.2. The molecule has 1 saturated heterocycles. The zero-order valence-corrected chi connectivity index (χ0v) is 14.9. The number of piperidine rings is 1. The van der Waals surface area contributed by atoms with Gasteiger partial charge in [-0.25, -0.2) is 0 Å². The maximum Gasteiger partial charge on any atom is 0.220 e. The Hall–Kier alpha value is -2.14. The average molecular weight is 340 g/mol. The molecule has 1 aromatic carbocycles. The molecule has 2 N–H and O–H groups in total. The lowest BCUT2D eigenvalue weighted by Gasteiger charge is -2.28. The molecule has 134 valence electrons. The minimum Gasteiger partial charge on any atom is -0.352 e. The molecule has 25 heavy (non-hydrogen) atoms. The van der Waals surface area contributed by atoms with Gasteiger partial charge in [-0.2, -0.15) is 5.10 Å². The highest BCUT2D eigenvalue weighted by molar-refractivity contribution is 5.76. The number of amides is 1. The molecular weight excluding hydrogens is 312 g/mol. The van der Waals surface area contributed by atoms with Gasteiger partial charge in [0.15, 0.2) is 0 Å². The number of hydrogen-bond acceptors (Lipinski definition) is 3.